The van der Waals surface area contributed by atoms with E-state index in [-0.39, 0.29) is 29.1 Å². The number of nitrogens with zero attached hydrogens (tertiary/aromatic N) is 1. The Kier molecular flexibility index (Phi) is 6.34. The zero-order valence-corrected chi connectivity index (χ0v) is 17.0. The Morgan fingerprint density at radius 3 is 2.17 bits per heavy atom. The molecule has 154 valence electrons. The Morgan fingerprint density at radius 2 is 1.62 bits per heavy atom. The third kappa shape index (κ3) is 5.42. The lowest BCUT2D eigenvalue weighted by atomic mass is 10.1. The molecule has 7 nitrogen and oxygen atoms in total. The summed E-state index contributed by atoms with van der Waals surface area (Å²) in [5.74, 6) is -0.136. The number of aliphatic hydroxyl groups excluding tert-OH is 1. The number of amides is 1. The van der Waals surface area contributed by atoms with E-state index in [0.29, 0.717) is 37.2 Å². The monoisotopic (exact) mass is 416 g/mol. The first-order chi connectivity index (χ1) is 13.7. The van der Waals surface area contributed by atoms with Crippen LogP contribution in [0, 0.1) is 0 Å². The molecule has 0 radical (unpaired) electrons. The van der Waals surface area contributed by atoms with Gasteiger partial charge in [0, 0.05) is 24.3 Å². The number of hydrogen-bond acceptors (Lipinski definition) is 5. The molecule has 3 rings (SSSR count). The summed E-state index contributed by atoms with van der Waals surface area (Å²) in [4.78, 5) is 25.5. The zero-order valence-electron chi connectivity index (χ0n) is 16.2. The molecule has 1 aliphatic heterocycles. The minimum absolute atomic E-state index is 0.00390. The first-order valence-corrected chi connectivity index (χ1v) is 10.9. The van der Waals surface area contributed by atoms with Gasteiger partial charge in [-0.15, -0.1) is 0 Å². The second-order valence-corrected chi connectivity index (χ2v) is 8.85. The molecule has 2 aromatic carbocycles. The van der Waals surface area contributed by atoms with E-state index in [4.69, 9.17) is 0 Å². The molecule has 1 amide bonds. The number of likely N-dealkylation sites (tertiary alicyclic amines) is 1. The van der Waals surface area contributed by atoms with Gasteiger partial charge in [0.1, 0.15) is 0 Å². The molecule has 0 aromatic heterocycles. The van der Waals surface area contributed by atoms with Gasteiger partial charge in [0.25, 0.3) is 10.0 Å². The lowest BCUT2D eigenvalue weighted by Crippen LogP contribution is -2.40. The van der Waals surface area contributed by atoms with Crippen molar-refractivity contribution in [1.29, 1.82) is 0 Å². The van der Waals surface area contributed by atoms with Gasteiger partial charge < -0.3 is 10.0 Å². The highest BCUT2D eigenvalue weighted by Crippen LogP contribution is 2.18. The standard InChI is InChI=1S/C21H24N2O5S/c1-15(24)17-4-8-20(9-5-17)29(27,28)22-18-6-2-16(3-7-18)14-21(26)23-12-10-19(25)11-13-23/h2-9,19,22,25H,10-14H2,1H3. The molecule has 0 aliphatic carbocycles. The molecule has 1 fully saturated rings. The van der Waals surface area contributed by atoms with Crippen LogP contribution in [-0.2, 0) is 21.2 Å². The third-order valence-corrected chi connectivity index (χ3v) is 6.35. The fourth-order valence-electron chi connectivity index (χ4n) is 3.18. The average molecular weight is 416 g/mol. The minimum Gasteiger partial charge on any atom is -0.393 e. The van der Waals surface area contributed by atoms with Crippen LogP contribution >= 0.6 is 0 Å². The Hall–Kier alpha value is -2.71. The molecule has 0 spiro atoms. The smallest absolute Gasteiger partial charge is 0.261 e. The van der Waals surface area contributed by atoms with Gasteiger partial charge in [0.15, 0.2) is 5.78 Å². The molecule has 8 heteroatoms. The molecule has 2 aromatic rings. The van der Waals surface area contributed by atoms with Gasteiger partial charge >= 0.3 is 0 Å². The largest absolute Gasteiger partial charge is 0.393 e. The first kappa shape index (κ1) is 21.0. The molecule has 1 heterocycles. The van der Waals surface area contributed by atoms with E-state index in [1.807, 2.05) is 0 Å². The molecule has 0 atom stereocenters. The maximum Gasteiger partial charge on any atom is 0.261 e. The highest BCUT2D eigenvalue weighted by molar-refractivity contribution is 7.92. The van der Waals surface area contributed by atoms with Crippen molar-refractivity contribution >= 4 is 27.4 Å². The third-order valence-electron chi connectivity index (χ3n) is 4.95. The number of nitrogens with one attached hydrogen (secondary N) is 1. The van der Waals surface area contributed by atoms with E-state index in [9.17, 15) is 23.1 Å². The van der Waals surface area contributed by atoms with Crippen molar-refractivity contribution < 1.29 is 23.1 Å². The van der Waals surface area contributed by atoms with E-state index < -0.39 is 10.0 Å². The average Bonchev–Trinajstić information content (AvgIpc) is 2.70. The maximum atomic E-state index is 12.5. The lowest BCUT2D eigenvalue weighted by molar-refractivity contribution is -0.132. The Labute approximate surface area is 170 Å². The Morgan fingerprint density at radius 1 is 1.03 bits per heavy atom. The molecule has 0 unspecified atom stereocenters. The number of sulfonamides is 1. The normalized spacial score (nSPS) is 15.2. The number of rotatable bonds is 6. The first-order valence-electron chi connectivity index (χ1n) is 9.43. The van der Waals surface area contributed by atoms with E-state index >= 15 is 0 Å². The second-order valence-electron chi connectivity index (χ2n) is 7.17. The molecule has 2 N–H and O–H groups in total. The summed E-state index contributed by atoms with van der Waals surface area (Å²) in [6, 6.07) is 12.4. The quantitative estimate of drug-likeness (QED) is 0.703. The number of piperidine rings is 1. The van der Waals surface area contributed by atoms with Crippen molar-refractivity contribution in [3.8, 4) is 0 Å². The van der Waals surface area contributed by atoms with Gasteiger partial charge in [-0.1, -0.05) is 24.3 Å². The van der Waals surface area contributed by atoms with Crippen LogP contribution in [-0.4, -0.2) is 49.3 Å². The number of Topliss-reactive ketones (excluding diaryl/α,β-unsaturated/α-hetero) is 1. The van der Waals surface area contributed by atoms with Crippen molar-refractivity contribution in [3.63, 3.8) is 0 Å². The molecule has 1 saturated heterocycles. The lowest BCUT2D eigenvalue weighted by Gasteiger charge is -2.29. The molecule has 0 bridgehead atoms. The summed E-state index contributed by atoms with van der Waals surface area (Å²) in [5.41, 5.74) is 1.62. The summed E-state index contributed by atoms with van der Waals surface area (Å²) < 4.78 is 27.5. The number of benzene rings is 2. The number of carbonyl (C=O) groups excluding carboxylic acids is 2. The van der Waals surface area contributed by atoms with Crippen molar-refractivity contribution in [2.75, 3.05) is 17.8 Å². The summed E-state index contributed by atoms with van der Waals surface area (Å²) in [6.45, 7) is 2.53. The fraction of sp³-hybridized carbons (Fsp3) is 0.333. The van der Waals surface area contributed by atoms with Crippen LogP contribution in [0.1, 0.15) is 35.7 Å². The predicted molar refractivity (Wildman–Crippen MR) is 109 cm³/mol. The summed E-state index contributed by atoms with van der Waals surface area (Å²) >= 11 is 0. The highest BCUT2D eigenvalue weighted by Gasteiger charge is 2.21. The van der Waals surface area contributed by atoms with E-state index in [1.54, 1.807) is 29.2 Å². The van der Waals surface area contributed by atoms with Gasteiger partial charge in [-0.2, -0.15) is 0 Å². The topological polar surface area (TPSA) is 104 Å². The molecule has 0 saturated carbocycles. The number of aliphatic hydroxyl groups is 1. The van der Waals surface area contributed by atoms with Crippen LogP contribution in [0.25, 0.3) is 0 Å². The number of anilines is 1. The van der Waals surface area contributed by atoms with Crippen LogP contribution in [0.3, 0.4) is 0 Å². The SMILES string of the molecule is CC(=O)c1ccc(S(=O)(=O)Nc2ccc(CC(=O)N3CCC(O)CC3)cc2)cc1. The maximum absolute atomic E-state index is 12.5. The van der Waals surface area contributed by atoms with Crippen LogP contribution < -0.4 is 4.72 Å². The van der Waals surface area contributed by atoms with Gasteiger partial charge in [0.05, 0.1) is 17.4 Å². The summed E-state index contributed by atoms with van der Waals surface area (Å²) in [6.07, 6.45) is 1.10. The molecular weight excluding hydrogens is 392 g/mol. The fourth-order valence-corrected chi connectivity index (χ4v) is 4.23. The molecule has 29 heavy (non-hydrogen) atoms. The van der Waals surface area contributed by atoms with Gasteiger partial charge in [0.2, 0.25) is 5.91 Å². The highest BCUT2D eigenvalue weighted by atomic mass is 32.2. The van der Waals surface area contributed by atoms with Gasteiger partial charge in [-0.3, -0.25) is 14.3 Å². The molecule has 1 aliphatic rings. The van der Waals surface area contributed by atoms with Gasteiger partial charge in [-0.25, -0.2) is 8.42 Å². The zero-order chi connectivity index (χ0) is 21.0. The van der Waals surface area contributed by atoms with Crippen LogP contribution in [0.4, 0.5) is 5.69 Å². The second kappa shape index (κ2) is 8.75. The van der Waals surface area contributed by atoms with Crippen LogP contribution in [0.2, 0.25) is 0 Å². The van der Waals surface area contributed by atoms with E-state index in [0.717, 1.165) is 5.56 Å². The Bertz CT molecular complexity index is 977. The number of ketones is 1. The number of carbonyl (C=O) groups is 2. The summed E-state index contributed by atoms with van der Waals surface area (Å²) in [7, 11) is -3.77. The molecular formula is C21H24N2O5S. The van der Waals surface area contributed by atoms with Crippen LogP contribution in [0.5, 0.6) is 0 Å². The van der Waals surface area contributed by atoms with Crippen LogP contribution in [0.15, 0.2) is 53.4 Å². The van der Waals surface area contributed by atoms with Crippen molar-refractivity contribution in [3.05, 3.63) is 59.7 Å². The van der Waals surface area contributed by atoms with E-state index in [2.05, 4.69) is 4.72 Å². The van der Waals surface area contributed by atoms with Gasteiger partial charge in [-0.05, 0) is 49.6 Å². The predicted octanol–water partition coefficient (Wildman–Crippen LogP) is 2.22. The van der Waals surface area contributed by atoms with Crippen molar-refractivity contribution in [2.24, 2.45) is 0 Å². The minimum atomic E-state index is -3.77. The van der Waals surface area contributed by atoms with E-state index in [1.165, 1.54) is 31.2 Å². The number of hydrogen-bond donors (Lipinski definition) is 2. The van der Waals surface area contributed by atoms with Crippen molar-refractivity contribution in [1.82, 2.24) is 4.90 Å². The summed E-state index contributed by atoms with van der Waals surface area (Å²) in [5, 5.41) is 9.53. The van der Waals surface area contributed by atoms with Crippen molar-refractivity contribution in [2.45, 2.75) is 37.2 Å². The Balaban J connectivity index is 1.62.